The molecule has 0 aromatic heterocycles. The first kappa shape index (κ1) is 14.2. The largest absolute Gasteiger partial charge is 0.489 e. The van der Waals surface area contributed by atoms with E-state index in [0.29, 0.717) is 23.7 Å². The smallest absolute Gasteiger partial charge is 0.321 e. The number of benzene rings is 1. The Morgan fingerprint density at radius 2 is 2.37 bits per heavy atom. The van der Waals surface area contributed by atoms with Crippen molar-refractivity contribution in [1.82, 2.24) is 4.90 Å². The number of rotatable bonds is 5. The molecule has 0 bridgehead atoms. The topological polar surface area (TPSA) is 49.8 Å². The molecular weight excluding hydrogens is 266 g/mol. The van der Waals surface area contributed by atoms with Gasteiger partial charge in [0.25, 0.3) is 0 Å². The van der Waals surface area contributed by atoms with Gasteiger partial charge in [-0.25, -0.2) is 0 Å². The Labute approximate surface area is 117 Å². The summed E-state index contributed by atoms with van der Waals surface area (Å²) >= 11 is 5.90. The van der Waals surface area contributed by atoms with Crippen LogP contribution in [-0.4, -0.2) is 41.2 Å². The molecule has 1 aromatic rings. The van der Waals surface area contributed by atoms with Crippen LogP contribution in [0.3, 0.4) is 0 Å². The van der Waals surface area contributed by atoms with Crippen LogP contribution in [0.5, 0.6) is 5.75 Å². The van der Waals surface area contributed by atoms with Gasteiger partial charge in [-0.2, -0.15) is 0 Å². The van der Waals surface area contributed by atoms with Crippen LogP contribution in [0.1, 0.15) is 19.8 Å². The zero-order valence-corrected chi connectivity index (χ0v) is 11.6. The van der Waals surface area contributed by atoms with Crippen LogP contribution in [-0.2, 0) is 4.79 Å². The maximum atomic E-state index is 11.2. The average molecular weight is 284 g/mol. The first-order valence-electron chi connectivity index (χ1n) is 6.49. The van der Waals surface area contributed by atoms with Crippen LogP contribution in [0.15, 0.2) is 24.3 Å². The molecule has 104 valence electrons. The fourth-order valence-electron chi connectivity index (χ4n) is 2.47. The molecule has 2 atom stereocenters. The van der Waals surface area contributed by atoms with Crippen LogP contribution in [0.25, 0.3) is 0 Å². The van der Waals surface area contributed by atoms with Gasteiger partial charge in [-0.3, -0.25) is 9.69 Å². The van der Waals surface area contributed by atoms with Crippen molar-refractivity contribution in [3.63, 3.8) is 0 Å². The SMILES string of the molecule is CCCN1C[C@@H](Oc2cccc(Cl)c2)C[C@H]1C(=O)O. The highest BCUT2D eigenvalue weighted by Crippen LogP contribution is 2.25. The second-order valence-electron chi connectivity index (χ2n) is 4.78. The maximum Gasteiger partial charge on any atom is 0.321 e. The molecule has 1 N–H and O–H groups in total. The highest BCUT2D eigenvalue weighted by Gasteiger charge is 2.37. The number of halogens is 1. The molecule has 0 amide bonds. The summed E-state index contributed by atoms with van der Waals surface area (Å²) in [6, 6.07) is 6.76. The number of likely N-dealkylation sites (tertiary alicyclic amines) is 1. The van der Waals surface area contributed by atoms with Crippen molar-refractivity contribution in [2.45, 2.75) is 31.9 Å². The predicted molar refractivity (Wildman–Crippen MR) is 73.8 cm³/mol. The molecule has 0 spiro atoms. The molecule has 5 heteroatoms. The van der Waals surface area contributed by atoms with Gasteiger partial charge in [0.1, 0.15) is 17.9 Å². The third kappa shape index (κ3) is 3.61. The number of aliphatic carboxylic acids is 1. The minimum absolute atomic E-state index is 0.0916. The number of nitrogens with zero attached hydrogens (tertiary/aromatic N) is 1. The molecule has 0 unspecified atom stereocenters. The van der Waals surface area contributed by atoms with E-state index in [2.05, 4.69) is 0 Å². The van der Waals surface area contributed by atoms with Crippen LogP contribution in [0, 0.1) is 0 Å². The standard InChI is InChI=1S/C14H18ClNO3/c1-2-6-16-9-12(8-13(16)14(17)18)19-11-5-3-4-10(15)7-11/h3-5,7,12-13H,2,6,8-9H2,1H3,(H,17,18)/t12-,13-/m0/s1. The molecule has 19 heavy (non-hydrogen) atoms. The highest BCUT2D eigenvalue weighted by molar-refractivity contribution is 6.30. The lowest BCUT2D eigenvalue weighted by atomic mass is 10.2. The van der Waals surface area contributed by atoms with Crippen molar-refractivity contribution < 1.29 is 14.6 Å². The van der Waals surface area contributed by atoms with E-state index in [0.717, 1.165) is 13.0 Å². The Balaban J connectivity index is 2.01. The van der Waals surface area contributed by atoms with Gasteiger partial charge < -0.3 is 9.84 Å². The summed E-state index contributed by atoms with van der Waals surface area (Å²) in [4.78, 5) is 13.2. The third-order valence-electron chi connectivity index (χ3n) is 3.26. The van der Waals surface area contributed by atoms with Crippen LogP contribution < -0.4 is 4.74 Å². The normalized spacial score (nSPS) is 23.5. The molecule has 1 fully saturated rings. The van der Waals surface area contributed by atoms with Gasteiger partial charge >= 0.3 is 5.97 Å². The van der Waals surface area contributed by atoms with E-state index in [4.69, 9.17) is 16.3 Å². The van der Waals surface area contributed by atoms with Crippen molar-refractivity contribution in [2.24, 2.45) is 0 Å². The van der Waals surface area contributed by atoms with Crippen molar-refractivity contribution in [1.29, 1.82) is 0 Å². The number of hydrogen-bond donors (Lipinski definition) is 1. The molecule has 1 aliphatic heterocycles. The van der Waals surface area contributed by atoms with Gasteiger partial charge in [0.2, 0.25) is 0 Å². The molecular formula is C14H18ClNO3. The molecule has 0 aliphatic carbocycles. The summed E-state index contributed by atoms with van der Waals surface area (Å²) in [7, 11) is 0. The van der Waals surface area contributed by atoms with Gasteiger partial charge in [0.05, 0.1) is 0 Å². The van der Waals surface area contributed by atoms with Gasteiger partial charge in [0.15, 0.2) is 0 Å². The highest BCUT2D eigenvalue weighted by atomic mass is 35.5. The Bertz CT molecular complexity index is 452. The van der Waals surface area contributed by atoms with Gasteiger partial charge in [-0.15, -0.1) is 0 Å². The van der Waals surface area contributed by atoms with Crippen molar-refractivity contribution in [3.8, 4) is 5.75 Å². The molecule has 1 aromatic carbocycles. The van der Waals surface area contributed by atoms with Gasteiger partial charge in [0, 0.05) is 18.0 Å². The van der Waals surface area contributed by atoms with E-state index >= 15 is 0 Å². The van der Waals surface area contributed by atoms with E-state index in [1.54, 1.807) is 12.1 Å². The Morgan fingerprint density at radius 1 is 1.58 bits per heavy atom. The average Bonchev–Trinajstić information content (AvgIpc) is 2.73. The molecule has 2 rings (SSSR count). The van der Waals surface area contributed by atoms with E-state index in [1.165, 1.54) is 0 Å². The first-order valence-corrected chi connectivity index (χ1v) is 6.87. The number of ether oxygens (including phenoxy) is 1. The van der Waals surface area contributed by atoms with Crippen molar-refractivity contribution in [3.05, 3.63) is 29.3 Å². The molecule has 4 nitrogen and oxygen atoms in total. The number of carboxylic acids is 1. The Hall–Kier alpha value is -1.26. The molecule has 0 radical (unpaired) electrons. The van der Waals surface area contributed by atoms with Gasteiger partial charge in [-0.1, -0.05) is 24.6 Å². The zero-order chi connectivity index (χ0) is 13.8. The van der Waals surface area contributed by atoms with Gasteiger partial charge in [-0.05, 0) is 31.2 Å². The fraction of sp³-hybridized carbons (Fsp3) is 0.500. The lowest BCUT2D eigenvalue weighted by molar-refractivity contribution is -0.142. The van der Waals surface area contributed by atoms with E-state index < -0.39 is 12.0 Å². The predicted octanol–water partition coefficient (Wildman–Crippen LogP) is 2.66. The van der Waals surface area contributed by atoms with E-state index in [1.807, 2.05) is 24.0 Å². The summed E-state index contributed by atoms with van der Waals surface area (Å²) < 4.78 is 5.82. The summed E-state index contributed by atoms with van der Waals surface area (Å²) in [5.41, 5.74) is 0. The van der Waals surface area contributed by atoms with Crippen LogP contribution >= 0.6 is 11.6 Å². The molecule has 1 saturated heterocycles. The monoisotopic (exact) mass is 283 g/mol. The first-order chi connectivity index (χ1) is 9.10. The molecule has 1 heterocycles. The third-order valence-corrected chi connectivity index (χ3v) is 3.49. The summed E-state index contributed by atoms with van der Waals surface area (Å²) in [5, 5.41) is 9.84. The van der Waals surface area contributed by atoms with Crippen molar-refractivity contribution >= 4 is 17.6 Å². The summed E-state index contributed by atoms with van der Waals surface area (Å²) in [6.07, 6.45) is 1.36. The maximum absolute atomic E-state index is 11.2. The van der Waals surface area contributed by atoms with Crippen LogP contribution in [0.4, 0.5) is 0 Å². The number of carboxylic acid groups (broad SMARTS) is 1. The lowest BCUT2D eigenvalue weighted by Gasteiger charge is -2.19. The lowest BCUT2D eigenvalue weighted by Crippen LogP contribution is -2.36. The Kier molecular flexibility index (Phi) is 4.66. The number of hydrogen-bond acceptors (Lipinski definition) is 3. The van der Waals surface area contributed by atoms with E-state index in [9.17, 15) is 9.90 Å². The minimum atomic E-state index is -0.773. The minimum Gasteiger partial charge on any atom is -0.489 e. The quantitative estimate of drug-likeness (QED) is 0.903. The molecule has 1 aliphatic rings. The zero-order valence-electron chi connectivity index (χ0n) is 10.9. The second-order valence-corrected chi connectivity index (χ2v) is 5.22. The molecule has 0 saturated carbocycles. The number of carbonyl (C=O) groups is 1. The van der Waals surface area contributed by atoms with Crippen LogP contribution in [0.2, 0.25) is 5.02 Å². The second kappa shape index (κ2) is 6.26. The Morgan fingerprint density at radius 3 is 3.00 bits per heavy atom. The fourth-order valence-corrected chi connectivity index (χ4v) is 2.65. The summed E-state index contributed by atoms with van der Waals surface area (Å²) in [5.74, 6) is -0.0781. The summed E-state index contributed by atoms with van der Waals surface area (Å²) in [6.45, 7) is 3.48. The van der Waals surface area contributed by atoms with Crippen molar-refractivity contribution in [2.75, 3.05) is 13.1 Å². The van der Waals surface area contributed by atoms with E-state index in [-0.39, 0.29) is 6.10 Å².